The Hall–Kier alpha value is -2.02. The van der Waals surface area contributed by atoms with Gasteiger partial charge in [0.2, 0.25) is 5.91 Å². The maximum absolute atomic E-state index is 12.2. The van der Waals surface area contributed by atoms with Crippen LogP contribution >= 0.6 is 11.8 Å². The molecule has 0 spiro atoms. The van der Waals surface area contributed by atoms with Gasteiger partial charge < -0.3 is 14.6 Å². The number of aryl methyl sites for hydroxylation is 1. The third-order valence-electron chi connectivity index (χ3n) is 3.55. The second-order valence-electron chi connectivity index (χ2n) is 5.18. The van der Waals surface area contributed by atoms with Crippen molar-refractivity contribution < 1.29 is 9.53 Å². The maximum Gasteiger partial charge on any atom is 0.226 e. The fourth-order valence-corrected chi connectivity index (χ4v) is 3.10. The standard InChI is InChI=1S/C15H18N4O2S/c1-19-10-17-18-15(19)22-7-6-16-14(20)12-8-11-4-2-3-5-13(11)21-9-12/h2-5,10,12H,6-9H2,1H3,(H,16,20). The van der Waals surface area contributed by atoms with Gasteiger partial charge in [-0.25, -0.2) is 0 Å². The summed E-state index contributed by atoms with van der Waals surface area (Å²) < 4.78 is 7.51. The van der Waals surface area contributed by atoms with Gasteiger partial charge in [-0.1, -0.05) is 30.0 Å². The quantitative estimate of drug-likeness (QED) is 0.664. The van der Waals surface area contributed by atoms with Crippen molar-refractivity contribution in [1.29, 1.82) is 0 Å². The Morgan fingerprint density at radius 3 is 3.18 bits per heavy atom. The Labute approximate surface area is 133 Å². The topological polar surface area (TPSA) is 69.0 Å². The second kappa shape index (κ2) is 6.83. The third kappa shape index (κ3) is 3.41. The largest absolute Gasteiger partial charge is 0.492 e. The molecular weight excluding hydrogens is 300 g/mol. The van der Waals surface area contributed by atoms with Crippen molar-refractivity contribution in [3.8, 4) is 5.75 Å². The number of benzene rings is 1. The zero-order chi connectivity index (χ0) is 15.4. The van der Waals surface area contributed by atoms with Crippen LogP contribution in [0.5, 0.6) is 5.75 Å². The van der Waals surface area contributed by atoms with E-state index in [0.717, 1.165) is 28.6 Å². The first kappa shape index (κ1) is 14.9. The summed E-state index contributed by atoms with van der Waals surface area (Å²) in [6.07, 6.45) is 2.40. The van der Waals surface area contributed by atoms with Crippen molar-refractivity contribution in [2.24, 2.45) is 13.0 Å². The molecule has 116 valence electrons. The Kier molecular flexibility index (Phi) is 4.62. The molecule has 0 saturated carbocycles. The first-order valence-corrected chi connectivity index (χ1v) is 8.18. The van der Waals surface area contributed by atoms with E-state index in [9.17, 15) is 4.79 Å². The molecule has 1 aromatic carbocycles. The van der Waals surface area contributed by atoms with Gasteiger partial charge in [-0.2, -0.15) is 0 Å². The van der Waals surface area contributed by atoms with Gasteiger partial charge in [-0.3, -0.25) is 4.79 Å². The lowest BCUT2D eigenvalue weighted by atomic mass is 9.96. The van der Waals surface area contributed by atoms with Crippen LogP contribution < -0.4 is 10.1 Å². The molecule has 6 nitrogen and oxygen atoms in total. The Balaban J connectivity index is 1.44. The average molecular weight is 318 g/mol. The number of nitrogens with one attached hydrogen (secondary N) is 1. The number of rotatable bonds is 5. The minimum atomic E-state index is -0.116. The zero-order valence-electron chi connectivity index (χ0n) is 12.4. The van der Waals surface area contributed by atoms with Gasteiger partial charge in [0.25, 0.3) is 0 Å². The number of amides is 1. The van der Waals surface area contributed by atoms with Crippen LogP contribution in [0.1, 0.15) is 5.56 Å². The molecule has 1 aliphatic rings. The minimum Gasteiger partial charge on any atom is -0.492 e. The number of thioether (sulfide) groups is 1. The van der Waals surface area contributed by atoms with E-state index in [4.69, 9.17) is 4.74 Å². The number of carbonyl (C=O) groups excluding carboxylic acids is 1. The van der Waals surface area contributed by atoms with Gasteiger partial charge in [-0.05, 0) is 18.1 Å². The summed E-state index contributed by atoms with van der Waals surface area (Å²) in [4.78, 5) is 12.2. The molecule has 0 fully saturated rings. The number of fused-ring (bicyclic) bond motifs is 1. The van der Waals surface area contributed by atoms with Gasteiger partial charge in [-0.15, -0.1) is 10.2 Å². The van der Waals surface area contributed by atoms with Gasteiger partial charge >= 0.3 is 0 Å². The van der Waals surface area contributed by atoms with E-state index in [1.807, 2.05) is 35.9 Å². The Morgan fingerprint density at radius 2 is 2.36 bits per heavy atom. The fourth-order valence-electron chi connectivity index (χ4n) is 2.36. The lowest BCUT2D eigenvalue weighted by molar-refractivity contribution is -0.126. The molecule has 1 N–H and O–H groups in total. The summed E-state index contributed by atoms with van der Waals surface area (Å²) in [5, 5.41) is 11.6. The Bertz CT molecular complexity index is 658. The Morgan fingerprint density at radius 1 is 1.50 bits per heavy atom. The van der Waals surface area contributed by atoms with E-state index in [-0.39, 0.29) is 11.8 Å². The molecule has 7 heteroatoms. The normalized spacial score (nSPS) is 16.7. The third-order valence-corrected chi connectivity index (χ3v) is 4.59. The van der Waals surface area contributed by atoms with Crippen molar-refractivity contribution in [2.75, 3.05) is 18.9 Å². The highest BCUT2D eigenvalue weighted by Crippen LogP contribution is 2.26. The van der Waals surface area contributed by atoms with Crippen molar-refractivity contribution in [3.05, 3.63) is 36.2 Å². The van der Waals surface area contributed by atoms with Crippen LogP contribution in [0.3, 0.4) is 0 Å². The number of nitrogens with zero attached hydrogens (tertiary/aromatic N) is 3. The molecule has 1 aliphatic heterocycles. The minimum absolute atomic E-state index is 0.0491. The number of para-hydroxylation sites is 1. The zero-order valence-corrected chi connectivity index (χ0v) is 13.2. The van der Waals surface area contributed by atoms with Gasteiger partial charge in [0.1, 0.15) is 18.7 Å². The predicted molar refractivity (Wildman–Crippen MR) is 83.9 cm³/mol. The number of aromatic nitrogens is 3. The van der Waals surface area contributed by atoms with Crippen molar-refractivity contribution in [2.45, 2.75) is 11.6 Å². The highest BCUT2D eigenvalue weighted by atomic mass is 32.2. The van der Waals surface area contributed by atoms with E-state index in [1.54, 1.807) is 18.1 Å². The van der Waals surface area contributed by atoms with Crippen LogP contribution in [-0.4, -0.2) is 39.6 Å². The van der Waals surface area contributed by atoms with Crippen molar-refractivity contribution >= 4 is 17.7 Å². The summed E-state index contributed by atoms with van der Waals surface area (Å²) in [5.74, 6) is 1.59. The molecule has 1 aromatic heterocycles. The molecule has 0 saturated heterocycles. The monoisotopic (exact) mass is 318 g/mol. The van der Waals surface area contributed by atoms with Gasteiger partial charge in [0, 0.05) is 19.3 Å². The van der Waals surface area contributed by atoms with Crippen LogP contribution in [-0.2, 0) is 18.3 Å². The van der Waals surface area contributed by atoms with Crippen LogP contribution in [0.15, 0.2) is 35.7 Å². The van der Waals surface area contributed by atoms with Crippen LogP contribution in [0.25, 0.3) is 0 Å². The predicted octanol–water partition coefficient (Wildman–Crippen LogP) is 1.27. The molecule has 22 heavy (non-hydrogen) atoms. The summed E-state index contributed by atoms with van der Waals surface area (Å²) in [6, 6.07) is 7.88. The fraction of sp³-hybridized carbons (Fsp3) is 0.400. The molecule has 1 atom stereocenters. The number of carbonyl (C=O) groups is 1. The summed E-state index contributed by atoms with van der Waals surface area (Å²) >= 11 is 1.57. The molecule has 2 aromatic rings. The maximum atomic E-state index is 12.2. The second-order valence-corrected chi connectivity index (χ2v) is 6.25. The highest BCUT2D eigenvalue weighted by Gasteiger charge is 2.25. The lowest BCUT2D eigenvalue weighted by Crippen LogP contribution is -2.38. The molecular formula is C15H18N4O2S. The molecule has 3 rings (SSSR count). The molecule has 0 radical (unpaired) electrons. The van der Waals surface area contributed by atoms with Crippen molar-refractivity contribution in [1.82, 2.24) is 20.1 Å². The van der Waals surface area contributed by atoms with Crippen LogP contribution in [0.4, 0.5) is 0 Å². The van der Waals surface area contributed by atoms with E-state index < -0.39 is 0 Å². The van der Waals surface area contributed by atoms with E-state index in [1.165, 1.54) is 0 Å². The van der Waals surface area contributed by atoms with E-state index >= 15 is 0 Å². The van der Waals surface area contributed by atoms with Gasteiger partial charge in [0.15, 0.2) is 5.16 Å². The van der Waals surface area contributed by atoms with E-state index in [0.29, 0.717) is 13.2 Å². The van der Waals surface area contributed by atoms with Gasteiger partial charge in [0.05, 0.1) is 5.92 Å². The molecule has 1 unspecified atom stereocenters. The summed E-state index contributed by atoms with van der Waals surface area (Å²) in [6.45, 7) is 1.05. The molecule has 0 aliphatic carbocycles. The summed E-state index contributed by atoms with van der Waals surface area (Å²) in [7, 11) is 1.90. The van der Waals surface area contributed by atoms with Crippen LogP contribution in [0.2, 0.25) is 0 Å². The molecule has 0 bridgehead atoms. The van der Waals surface area contributed by atoms with E-state index in [2.05, 4.69) is 15.5 Å². The first-order chi connectivity index (χ1) is 10.7. The number of hydrogen-bond acceptors (Lipinski definition) is 5. The highest BCUT2D eigenvalue weighted by molar-refractivity contribution is 7.99. The molecule has 2 heterocycles. The lowest BCUT2D eigenvalue weighted by Gasteiger charge is -2.24. The first-order valence-electron chi connectivity index (χ1n) is 7.19. The molecule has 1 amide bonds. The average Bonchev–Trinajstić information content (AvgIpc) is 2.96. The number of hydrogen-bond donors (Lipinski definition) is 1. The van der Waals surface area contributed by atoms with Crippen molar-refractivity contribution in [3.63, 3.8) is 0 Å². The smallest absolute Gasteiger partial charge is 0.226 e. The number of ether oxygens (including phenoxy) is 1. The van der Waals surface area contributed by atoms with Crippen LogP contribution in [0, 0.1) is 5.92 Å². The summed E-state index contributed by atoms with van der Waals surface area (Å²) in [5.41, 5.74) is 1.10. The SMILES string of the molecule is Cn1cnnc1SCCNC(=O)C1COc2ccccc2C1.